The quantitative estimate of drug-likeness (QED) is 0.359. The highest BCUT2D eigenvalue weighted by molar-refractivity contribution is 6.06. The molecular weight excluding hydrogens is 500 g/mol. The highest BCUT2D eigenvalue weighted by atomic mass is 16.6. The molecule has 0 unspecified atom stereocenters. The minimum absolute atomic E-state index is 0.126. The summed E-state index contributed by atoms with van der Waals surface area (Å²) in [7, 11) is 1.58. The van der Waals surface area contributed by atoms with Crippen molar-refractivity contribution in [2.75, 3.05) is 53.1 Å². The Morgan fingerprint density at radius 1 is 1.05 bits per heavy atom. The molecule has 3 N–H and O–H groups in total. The van der Waals surface area contributed by atoms with Gasteiger partial charge in [-0.1, -0.05) is 6.07 Å². The number of methoxy groups -OCH3 is 1. The van der Waals surface area contributed by atoms with Gasteiger partial charge in [-0.25, -0.2) is 0 Å². The first-order valence-electron chi connectivity index (χ1n) is 13.5. The van der Waals surface area contributed by atoms with Crippen molar-refractivity contribution in [3.8, 4) is 17.2 Å². The van der Waals surface area contributed by atoms with E-state index in [0.717, 1.165) is 50.5 Å². The van der Waals surface area contributed by atoms with Gasteiger partial charge in [0.05, 0.1) is 24.8 Å². The van der Waals surface area contributed by atoms with Gasteiger partial charge in [0, 0.05) is 49.7 Å². The lowest BCUT2D eigenvalue weighted by Gasteiger charge is -2.32. The maximum Gasteiger partial charge on any atom is 0.252 e. The van der Waals surface area contributed by atoms with E-state index in [2.05, 4.69) is 27.7 Å². The molecule has 208 valence electrons. The van der Waals surface area contributed by atoms with E-state index in [0.29, 0.717) is 48.0 Å². The fourth-order valence-corrected chi connectivity index (χ4v) is 5.23. The summed E-state index contributed by atoms with van der Waals surface area (Å²) in [5.41, 5.74) is 1.90. The van der Waals surface area contributed by atoms with Crippen molar-refractivity contribution >= 4 is 16.8 Å². The Balaban J connectivity index is 1.19. The molecule has 10 heteroatoms. The molecule has 5 rings (SSSR count). The fraction of sp³-hybridized carbons (Fsp3) is 0.448. The lowest BCUT2D eigenvalue weighted by Crippen LogP contribution is -2.43. The maximum absolute atomic E-state index is 13.1. The molecule has 0 saturated carbocycles. The predicted octanol–water partition coefficient (Wildman–Crippen LogP) is 1.76. The molecule has 3 heterocycles. The number of aromatic nitrogens is 1. The molecular formula is C29H36N4O6. The number of nitrogens with one attached hydrogen (secondary N) is 2. The molecule has 39 heavy (non-hydrogen) atoms. The first kappa shape index (κ1) is 27.0. The van der Waals surface area contributed by atoms with Crippen LogP contribution in [-0.4, -0.2) is 79.6 Å². The van der Waals surface area contributed by atoms with Gasteiger partial charge in [-0.2, -0.15) is 0 Å². The number of piperidine rings is 1. The summed E-state index contributed by atoms with van der Waals surface area (Å²) in [6, 6.07) is 13.3. The standard InChI is InChI=1S/C29H36N4O6/c1-37-22-3-4-23-24(29(36)30-8-13-34)18-28(35)33(25(23)17-22)12-11-32-9-6-21(7-10-32)31-19-20-2-5-26-27(16-20)39-15-14-38-26/h2-5,16-18,21,31,34H,6-15,19H2,1H3,(H,30,36). The van der Waals surface area contributed by atoms with Crippen LogP contribution >= 0.6 is 0 Å². The number of aliphatic hydroxyl groups is 1. The van der Waals surface area contributed by atoms with Crippen LogP contribution in [0.4, 0.5) is 0 Å². The normalized spacial score (nSPS) is 15.8. The van der Waals surface area contributed by atoms with Gasteiger partial charge in [0.15, 0.2) is 11.5 Å². The van der Waals surface area contributed by atoms with Crippen molar-refractivity contribution in [3.05, 3.63) is 63.9 Å². The summed E-state index contributed by atoms with van der Waals surface area (Å²) in [5.74, 6) is 1.86. The number of hydrogen-bond donors (Lipinski definition) is 3. The third kappa shape index (κ3) is 6.35. The highest BCUT2D eigenvalue weighted by Gasteiger charge is 2.21. The van der Waals surface area contributed by atoms with Crippen molar-refractivity contribution in [3.63, 3.8) is 0 Å². The highest BCUT2D eigenvalue weighted by Crippen LogP contribution is 2.31. The average molecular weight is 537 g/mol. The molecule has 1 amide bonds. The van der Waals surface area contributed by atoms with Gasteiger partial charge in [0.25, 0.3) is 11.5 Å². The monoisotopic (exact) mass is 536 g/mol. The number of hydrogen-bond acceptors (Lipinski definition) is 8. The van der Waals surface area contributed by atoms with Crippen LogP contribution in [0, 0.1) is 0 Å². The Morgan fingerprint density at radius 2 is 1.85 bits per heavy atom. The van der Waals surface area contributed by atoms with E-state index in [1.165, 1.54) is 11.6 Å². The lowest BCUT2D eigenvalue weighted by molar-refractivity contribution is 0.0946. The van der Waals surface area contributed by atoms with E-state index < -0.39 is 0 Å². The number of fused-ring (bicyclic) bond motifs is 2. The Labute approximate surface area is 227 Å². The predicted molar refractivity (Wildman–Crippen MR) is 148 cm³/mol. The van der Waals surface area contributed by atoms with Crippen LogP contribution in [0.15, 0.2) is 47.3 Å². The number of amides is 1. The third-order valence-electron chi connectivity index (χ3n) is 7.39. The Bertz CT molecular complexity index is 1370. The molecule has 0 atom stereocenters. The van der Waals surface area contributed by atoms with Crippen LogP contribution in [0.2, 0.25) is 0 Å². The van der Waals surface area contributed by atoms with Gasteiger partial charge in [-0.05, 0) is 55.8 Å². The van der Waals surface area contributed by atoms with Gasteiger partial charge in [-0.3, -0.25) is 9.59 Å². The molecule has 2 aromatic carbocycles. The number of carbonyl (C=O) groups is 1. The van der Waals surface area contributed by atoms with E-state index in [1.54, 1.807) is 29.9 Å². The van der Waals surface area contributed by atoms with Gasteiger partial charge in [-0.15, -0.1) is 0 Å². The second kappa shape index (κ2) is 12.5. The molecule has 2 aliphatic rings. The first-order valence-corrected chi connectivity index (χ1v) is 13.5. The summed E-state index contributed by atoms with van der Waals surface area (Å²) < 4.78 is 18.4. The zero-order valence-electron chi connectivity index (χ0n) is 22.3. The third-order valence-corrected chi connectivity index (χ3v) is 7.39. The van der Waals surface area contributed by atoms with Crippen molar-refractivity contribution in [1.82, 2.24) is 20.1 Å². The first-order chi connectivity index (χ1) is 19.1. The van der Waals surface area contributed by atoms with E-state index >= 15 is 0 Å². The van der Waals surface area contributed by atoms with Crippen LogP contribution in [0.3, 0.4) is 0 Å². The molecule has 0 spiro atoms. The SMILES string of the molecule is COc1ccc2c(C(=O)NCCO)cc(=O)n(CCN3CCC(NCc4ccc5c(c4)OCCO5)CC3)c2c1. The second-order valence-corrected chi connectivity index (χ2v) is 9.89. The minimum Gasteiger partial charge on any atom is -0.497 e. The van der Waals surface area contributed by atoms with E-state index in [4.69, 9.17) is 19.3 Å². The van der Waals surface area contributed by atoms with Crippen LogP contribution < -0.4 is 30.4 Å². The van der Waals surface area contributed by atoms with Crippen LogP contribution in [0.1, 0.15) is 28.8 Å². The summed E-state index contributed by atoms with van der Waals surface area (Å²) in [5, 5.41) is 16.0. The van der Waals surface area contributed by atoms with Gasteiger partial charge >= 0.3 is 0 Å². The average Bonchev–Trinajstić information content (AvgIpc) is 2.98. The van der Waals surface area contributed by atoms with Crippen LogP contribution in [0.5, 0.6) is 17.2 Å². The van der Waals surface area contributed by atoms with Crippen molar-refractivity contribution < 1.29 is 24.1 Å². The van der Waals surface area contributed by atoms with Gasteiger partial charge in [0.1, 0.15) is 19.0 Å². The number of rotatable bonds is 10. The van der Waals surface area contributed by atoms with Crippen LogP contribution in [0.25, 0.3) is 10.9 Å². The molecule has 1 saturated heterocycles. The summed E-state index contributed by atoms with van der Waals surface area (Å²) in [6.07, 6.45) is 2.05. The molecule has 1 fully saturated rings. The molecule has 1 aromatic heterocycles. The summed E-state index contributed by atoms with van der Waals surface area (Å²) >= 11 is 0. The molecule has 0 aliphatic carbocycles. The number of likely N-dealkylation sites (tertiary alicyclic amines) is 1. The topological polar surface area (TPSA) is 114 Å². The Hall–Kier alpha value is -3.60. The smallest absolute Gasteiger partial charge is 0.252 e. The van der Waals surface area contributed by atoms with Crippen molar-refractivity contribution in [2.45, 2.75) is 32.0 Å². The molecule has 10 nitrogen and oxygen atoms in total. The largest absolute Gasteiger partial charge is 0.497 e. The van der Waals surface area contributed by atoms with Gasteiger partial charge < -0.3 is 39.4 Å². The second-order valence-electron chi connectivity index (χ2n) is 9.89. The number of ether oxygens (including phenoxy) is 3. The van der Waals surface area contributed by atoms with Gasteiger partial charge in [0.2, 0.25) is 0 Å². The van der Waals surface area contributed by atoms with E-state index in [9.17, 15) is 9.59 Å². The van der Waals surface area contributed by atoms with E-state index in [-0.39, 0.29) is 24.6 Å². The summed E-state index contributed by atoms with van der Waals surface area (Å²) in [4.78, 5) is 28.1. The van der Waals surface area contributed by atoms with Crippen molar-refractivity contribution in [1.29, 1.82) is 0 Å². The number of pyridine rings is 1. The molecule has 3 aromatic rings. The lowest BCUT2D eigenvalue weighted by atomic mass is 10.0. The number of aliphatic hydroxyl groups excluding tert-OH is 1. The Morgan fingerprint density at radius 3 is 2.62 bits per heavy atom. The zero-order valence-corrected chi connectivity index (χ0v) is 22.3. The minimum atomic E-state index is -0.380. The summed E-state index contributed by atoms with van der Waals surface area (Å²) in [6.45, 7) is 5.04. The number of nitrogens with zero attached hydrogens (tertiary/aromatic N) is 2. The molecule has 2 aliphatic heterocycles. The van der Waals surface area contributed by atoms with E-state index in [1.807, 2.05) is 6.07 Å². The molecule has 0 radical (unpaired) electrons. The maximum atomic E-state index is 13.1. The number of carbonyl (C=O) groups excluding carboxylic acids is 1. The zero-order chi connectivity index (χ0) is 27.2. The molecule has 0 bridgehead atoms. The van der Waals surface area contributed by atoms with Crippen LogP contribution in [-0.2, 0) is 13.1 Å². The number of benzene rings is 2. The Kier molecular flexibility index (Phi) is 8.65. The van der Waals surface area contributed by atoms with Crippen molar-refractivity contribution in [2.24, 2.45) is 0 Å². The fourth-order valence-electron chi connectivity index (χ4n) is 5.23.